The number of benzene rings is 1. The molecule has 1 aromatic rings. The highest BCUT2D eigenvalue weighted by atomic mass is 19.1. The second-order valence-electron chi connectivity index (χ2n) is 7.21. The van der Waals surface area contributed by atoms with E-state index in [1.54, 1.807) is 12.1 Å². The van der Waals surface area contributed by atoms with Crippen molar-refractivity contribution in [2.75, 3.05) is 18.4 Å². The molecule has 1 saturated carbocycles. The largest absolute Gasteiger partial charge is 0.343 e. The van der Waals surface area contributed by atoms with E-state index in [-0.39, 0.29) is 29.6 Å². The molecule has 5 nitrogen and oxygen atoms in total. The van der Waals surface area contributed by atoms with Crippen molar-refractivity contribution in [2.24, 2.45) is 17.6 Å². The van der Waals surface area contributed by atoms with Crippen molar-refractivity contribution in [2.45, 2.75) is 44.6 Å². The number of piperidine rings is 1. The third-order valence-corrected chi connectivity index (χ3v) is 5.48. The van der Waals surface area contributed by atoms with Gasteiger partial charge in [-0.1, -0.05) is 6.42 Å². The number of carbonyl (C=O) groups excluding carboxylic acids is 2. The lowest BCUT2D eigenvalue weighted by molar-refractivity contribution is -0.135. The van der Waals surface area contributed by atoms with Gasteiger partial charge in [0.25, 0.3) is 0 Å². The van der Waals surface area contributed by atoms with E-state index >= 15 is 0 Å². The van der Waals surface area contributed by atoms with Crippen LogP contribution in [0.5, 0.6) is 0 Å². The minimum absolute atomic E-state index is 0.0588. The van der Waals surface area contributed by atoms with Crippen molar-refractivity contribution in [3.8, 4) is 0 Å². The Hall–Kier alpha value is -1.95. The SMILES string of the molecule is N[C@@H]1CCC[C@H]1CC(=O)N1CCC(C(=O)Nc2ccc(F)cc2)CC1. The van der Waals surface area contributed by atoms with Crippen LogP contribution < -0.4 is 11.1 Å². The molecule has 1 aliphatic heterocycles. The average Bonchev–Trinajstić information content (AvgIpc) is 3.02. The van der Waals surface area contributed by atoms with E-state index in [0.29, 0.717) is 44.0 Å². The molecule has 25 heavy (non-hydrogen) atoms. The molecule has 2 amide bonds. The van der Waals surface area contributed by atoms with E-state index in [9.17, 15) is 14.0 Å². The van der Waals surface area contributed by atoms with Crippen LogP contribution in [0.4, 0.5) is 10.1 Å². The molecule has 2 fully saturated rings. The Bertz CT molecular complexity index is 612. The Morgan fingerprint density at radius 2 is 1.80 bits per heavy atom. The number of nitrogens with two attached hydrogens (primary N) is 1. The predicted octanol–water partition coefficient (Wildman–Crippen LogP) is 2.52. The van der Waals surface area contributed by atoms with E-state index < -0.39 is 0 Å². The lowest BCUT2D eigenvalue weighted by atomic mass is 9.94. The number of carbonyl (C=O) groups is 2. The van der Waals surface area contributed by atoms with E-state index in [1.165, 1.54) is 12.1 Å². The molecular weight excluding hydrogens is 321 g/mol. The molecule has 0 aromatic heterocycles. The summed E-state index contributed by atoms with van der Waals surface area (Å²) in [4.78, 5) is 26.6. The van der Waals surface area contributed by atoms with Crippen LogP contribution in [-0.2, 0) is 9.59 Å². The molecule has 1 aromatic carbocycles. The van der Waals surface area contributed by atoms with Gasteiger partial charge < -0.3 is 16.0 Å². The van der Waals surface area contributed by atoms with Gasteiger partial charge in [0.15, 0.2) is 0 Å². The van der Waals surface area contributed by atoms with Crippen LogP contribution in [-0.4, -0.2) is 35.8 Å². The molecular formula is C19H26FN3O2. The first-order chi connectivity index (χ1) is 12.0. The van der Waals surface area contributed by atoms with Crippen LogP contribution in [0, 0.1) is 17.7 Å². The highest BCUT2D eigenvalue weighted by Crippen LogP contribution is 2.28. The lowest BCUT2D eigenvalue weighted by Crippen LogP contribution is -2.42. The third kappa shape index (κ3) is 4.57. The highest BCUT2D eigenvalue weighted by molar-refractivity contribution is 5.92. The summed E-state index contributed by atoms with van der Waals surface area (Å²) in [5, 5.41) is 2.82. The maximum absolute atomic E-state index is 12.9. The van der Waals surface area contributed by atoms with E-state index in [0.717, 1.165) is 19.3 Å². The molecule has 3 N–H and O–H groups in total. The van der Waals surface area contributed by atoms with E-state index in [4.69, 9.17) is 5.73 Å². The fourth-order valence-electron chi connectivity index (χ4n) is 3.84. The Labute approximate surface area is 147 Å². The van der Waals surface area contributed by atoms with Gasteiger partial charge in [-0.05, 0) is 55.9 Å². The molecule has 2 aliphatic rings. The van der Waals surface area contributed by atoms with Gasteiger partial charge in [0.1, 0.15) is 5.82 Å². The molecule has 1 heterocycles. The number of hydrogen-bond acceptors (Lipinski definition) is 3. The minimum Gasteiger partial charge on any atom is -0.343 e. The van der Waals surface area contributed by atoms with Crippen molar-refractivity contribution in [1.29, 1.82) is 0 Å². The van der Waals surface area contributed by atoms with E-state index in [1.807, 2.05) is 4.90 Å². The Morgan fingerprint density at radius 3 is 2.40 bits per heavy atom. The standard InChI is InChI=1S/C19H26FN3O2/c20-15-4-6-16(7-5-15)22-19(25)13-8-10-23(11-9-13)18(24)12-14-2-1-3-17(14)21/h4-7,13-14,17H,1-3,8-12,21H2,(H,22,25)/t14-,17+/m0/s1. The van der Waals surface area contributed by atoms with E-state index in [2.05, 4.69) is 5.32 Å². The summed E-state index contributed by atoms with van der Waals surface area (Å²) in [5.74, 6) is -0.0158. The molecule has 0 radical (unpaired) electrons. The maximum atomic E-state index is 12.9. The van der Waals surface area contributed by atoms with Gasteiger partial charge in [0.05, 0.1) is 0 Å². The molecule has 0 spiro atoms. The summed E-state index contributed by atoms with van der Waals surface area (Å²) < 4.78 is 12.9. The molecule has 1 aliphatic carbocycles. The second kappa shape index (κ2) is 7.95. The first-order valence-electron chi connectivity index (χ1n) is 9.12. The smallest absolute Gasteiger partial charge is 0.227 e. The second-order valence-corrected chi connectivity index (χ2v) is 7.21. The predicted molar refractivity (Wildman–Crippen MR) is 94.3 cm³/mol. The van der Waals surface area contributed by atoms with Gasteiger partial charge in [-0.2, -0.15) is 0 Å². The van der Waals surface area contributed by atoms with Crippen LogP contribution in [0.25, 0.3) is 0 Å². The fourth-order valence-corrected chi connectivity index (χ4v) is 3.84. The number of rotatable bonds is 4. The Kier molecular flexibility index (Phi) is 5.68. The first-order valence-corrected chi connectivity index (χ1v) is 9.12. The molecule has 1 saturated heterocycles. The zero-order valence-corrected chi connectivity index (χ0v) is 14.4. The molecule has 0 unspecified atom stereocenters. The maximum Gasteiger partial charge on any atom is 0.227 e. The van der Waals surface area contributed by atoms with Crippen molar-refractivity contribution >= 4 is 17.5 Å². The topological polar surface area (TPSA) is 75.4 Å². The normalized spacial score (nSPS) is 24.3. The Morgan fingerprint density at radius 1 is 1.12 bits per heavy atom. The van der Waals surface area contributed by atoms with Gasteiger partial charge in [-0.3, -0.25) is 9.59 Å². The minimum atomic E-state index is -0.327. The summed E-state index contributed by atoms with van der Waals surface area (Å²) in [6, 6.07) is 5.91. The van der Waals surface area contributed by atoms with Gasteiger partial charge in [-0.25, -0.2) is 4.39 Å². The van der Waals surface area contributed by atoms with Crippen molar-refractivity contribution in [3.63, 3.8) is 0 Å². The van der Waals surface area contributed by atoms with Crippen molar-refractivity contribution < 1.29 is 14.0 Å². The van der Waals surface area contributed by atoms with Crippen LogP contribution in [0.1, 0.15) is 38.5 Å². The van der Waals surface area contributed by atoms with Gasteiger partial charge in [0, 0.05) is 37.2 Å². The molecule has 3 rings (SSSR count). The average molecular weight is 347 g/mol. The van der Waals surface area contributed by atoms with Crippen molar-refractivity contribution in [3.05, 3.63) is 30.1 Å². The van der Waals surface area contributed by atoms with Gasteiger partial charge >= 0.3 is 0 Å². The molecule has 6 heteroatoms. The summed E-state index contributed by atoms with van der Waals surface area (Å²) in [6.45, 7) is 1.23. The van der Waals surface area contributed by atoms with Crippen molar-refractivity contribution in [1.82, 2.24) is 4.90 Å². The first kappa shape index (κ1) is 17.9. The molecule has 136 valence electrons. The van der Waals surface area contributed by atoms with Crippen LogP contribution >= 0.6 is 0 Å². The van der Waals surface area contributed by atoms with Gasteiger partial charge in [0.2, 0.25) is 11.8 Å². The quantitative estimate of drug-likeness (QED) is 0.879. The van der Waals surface area contributed by atoms with Crippen LogP contribution in [0.15, 0.2) is 24.3 Å². The summed E-state index contributed by atoms with van der Waals surface area (Å²) in [7, 11) is 0. The number of amides is 2. The number of anilines is 1. The number of likely N-dealkylation sites (tertiary alicyclic amines) is 1. The third-order valence-electron chi connectivity index (χ3n) is 5.48. The Balaban J connectivity index is 1.45. The zero-order chi connectivity index (χ0) is 17.8. The summed E-state index contributed by atoms with van der Waals surface area (Å²) in [6.07, 6.45) is 5.04. The van der Waals surface area contributed by atoms with Gasteiger partial charge in [-0.15, -0.1) is 0 Å². The highest BCUT2D eigenvalue weighted by Gasteiger charge is 2.31. The van der Waals surface area contributed by atoms with Crippen LogP contribution in [0.2, 0.25) is 0 Å². The zero-order valence-electron chi connectivity index (χ0n) is 14.4. The summed E-state index contributed by atoms with van der Waals surface area (Å²) >= 11 is 0. The van der Waals surface area contributed by atoms with Crippen LogP contribution in [0.3, 0.4) is 0 Å². The lowest BCUT2D eigenvalue weighted by Gasteiger charge is -2.32. The molecule has 2 atom stereocenters. The fraction of sp³-hybridized carbons (Fsp3) is 0.579. The molecule has 0 bridgehead atoms. The monoisotopic (exact) mass is 347 g/mol. The number of nitrogens with zero attached hydrogens (tertiary/aromatic N) is 1. The number of halogens is 1. The summed E-state index contributed by atoms with van der Waals surface area (Å²) in [5.41, 5.74) is 6.65. The number of hydrogen-bond donors (Lipinski definition) is 2. The number of nitrogens with one attached hydrogen (secondary N) is 1.